The molecule has 1 unspecified atom stereocenters. The van der Waals surface area contributed by atoms with Gasteiger partial charge in [-0.2, -0.15) is 0 Å². The van der Waals surface area contributed by atoms with E-state index in [1.165, 1.54) is 6.92 Å². The molecule has 0 saturated heterocycles. The van der Waals surface area contributed by atoms with Crippen LogP contribution in [0.5, 0.6) is 0 Å². The Kier molecular flexibility index (Phi) is 3.61. The van der Waals surface area contributed by atoms with Crippen molar-refractivity contribution in [1.82, 2.24) is 0 Å². The highest BCUT2D eigenvalue weighted by Gasteiger charge is 2.10. The molecule has 3 nitrogen and oxygen atoms in total. The van der Waals surface area contributed by atoms with Crippen LogP contribution in [0.2, 0.25) is 0 Å². The zero-order chi connectivity index (χ0) is 11.4. The van der Waals surface area contributed by atoms with Gasteiger partial charge in [0.2, 0.25) is 0 Å². The molecule has 0 amide bonds. The minimum atomic E-state index is -1.08. The maximum absolute atomic E-state index is 11.0. The second kappa shape index (κ2) is 4.73. The summed E-state index contributed by atoms with van der Waals surface area (Å²) in [6.07, 6.45) is 0.488. The van der Waals surface area contributed by atoms with Gasteiger partial charge in [-0.3, -0.25) is 4.79 Å². The first-order valence-corrected chi connectivity index (χ1v) is 4.88. The molecule has 0 bridgehead atoms. The molecule has 1 aromatic rings. The van der Waals surface area contributed by atoms with Crippen LogP contribution in [0.25, 0.3) is 0 Å². The predicted molar refractivity (Wildman–Crippen MR) is 54.5 cm³/mol. The van der Waals surface area contributed by atoms with Crippen molar-refractivity contribution in [3.8, 4) is 0 Å². The van der Waals surface area contributed by atoms with Gasteiger partial charge in [0.15, 0.2) is 5.78 Å². The minimum absolute atomic E-state index is 0.0250. The van der Waals surface area contributed by atoms with Crippen molar-refractivity contribution in [3.63, 3.8) is 0 Å². The monoisotopic (exact) mass is 205 g/mol. The molecule has 0 aromatic heterocycles. The molecule has 1 rings (SSSR count). The van der Waals surface area contributed by atoms with Gasteiger partial charge in [0.25, 0.3) is 0 Å². The number of carbonyl (C=O) groups is 2. The Labute approximate surface area is 88.7 Å². The molecule has 0 heterocycles. The number of Topliss-reactive ketones (excluding diaryl/α,β-unsaturated/α-hetero) is 1. The lowest BCUT2D eigenvalue weighted by Crippen LogP contribution is -2.29. The Bertz CT molecular complexity index is 365. The van der Waals surface area contributed by atoms with Crippen molar-refractivity contribution in [1.29, 1.82) is 0 Å². The summed E-state index contributed by atoms with van der Waals surface area (Å²) in [6, 6.07) is 6.62. The molecule has 0 N–H and O–H groups in total. The average Bonchev–Trinajstić information content (AvgIpc) is 2.19. The van der Waals surface area contributed by atoms with Crippen molar-refractivity contribution >= 4 is 11.8 Å². The molecule has 0 fully saturated rings. The number of ketones is 1. The van der Waals surface area contributed by atoms with Crippen LogP contribution < -0.4 is 5.11 Å². The van der Waals surface area contributed by atoms with Crippen LogP contribution >= 0.6 is 0 Å². The Balaban J connectivity index is 2.97. The molecular formula is C12H13O3-. The van der Waals surface area contributed by atoms with E-state index in [-0.39, 0.29) is 5.78 Å². The summed E-state index contributed by atoms with van der Waals surface area (Å²) in [7, 11) is 0. The second-order valence-corrected chi connectivity index (χ2v) is 3.46. The standard InChI is InChI=1S/C12H14O3/c1-3-11(12(14)15)10-6-4-9(5-7-10)8(2)13/h4-7,11H,3H2,1-2H3,(H,14,15)/p-1. The molecule has 0 radical (unpaired) electrons. The van der Waals surface area contributed by atoms with Gasteiger partial charge >= 0.3 is 0 Å². The highest BCUT2D eigenvalue weighted by molar-refractivity contribution is 5.94. The fourth-order valence-electron chi connectivity index (χ4n) is 1.49. The van der Waals surface area contributed by atoms with Gasteiger partial charge in [0.1, 0.15) is 0 Å². The SMILES string of the molecule is CCC(C(=O)[O-])c1ccc(C(C)=O)cc1. The van der Waals surface area contributed by atoms with E-state index in [2.05, 4.69) is 0 Å². The van der Waals surface area contributed by atoms with Gasteiger partial charge in [-0.25, -0.2) is 0 Å². The number of carboxylic acids is 1. The average molecular weight is 205 g/mol. The minimum Gasteiger partial charge on any atom is -0.549 e. The lowest BCUT2D eigenvalue weighted by molar-refractivity contribution is -0.308. The molecular weight excluding hydrogens is 192 g/mol. The number of hydrogen-bond donors (Lipinski definition) is 0. The number of hydrogen-bond acceptors (Lipinski definition) is 3. The lowest BCUT2D eigenvalue weighted by Gasteiger charge is -2.16. The zero-order valence-corrected chi connectivity index (χ0v) is 8.82. The lowest BCUT2D eigenvalue weighted by atomic mass is 9.95. The molecule has 0 aliphatic heterocycles. The van der Waals surface area contributed by atoms with Gasteiger partial charge in [-0.15, -0.1) is 0 Å². The van der Waals surface area contributed by atoms with Gasteiger partial charge in [0.05, 0.1) is 0 Å². The quantitative estimate of drug-likeness (QED) is 0.692. The van der Waals surface area contributed by atoms with E-state index in [4.69, 9.17) is 0 Å². The van der Waals surface area contributed by atoms with E-state index in [1.807, 2.05) is 0 Å². The fourth-order valence-corrected chi connectivity index (χ4v) is 1.49. The van der Waals surface area contributed by atoms with E-state index in [0.717, 1.165) is 0 Å². The van der Waals surface area contributed by atoms with Crippen molar-refractivity contribution < 1.29 is 14.7 Å². The van der Waals surface area contributed by atoms with Crippen LogP contribution in [0.3, 0.4) is 0 Å². The van der Waals surface area contributed by atoms with E-state index in [0.29, 0.717) is 17.5 Å². The number of rotatable bonds is 4. The summed E-state index contributed by atoms with van der Waals surface area (Å²) in [6.45, 7) is 3.27. The van der Waals surface area contributed by atoms with Crippen LogP contribution in [0.4, 0.5) is 0 Å². The summed E-state index contributed by atoms with van der Waals surface area (Å²) in [5.41, 5.74) is 1.27. The smallest absolute Gasteiger partial charge is 0.159 e. The van der Waals surface area contributed by atoms with Crippen molar-refractivity contribution in [3.05, 3.63) is 35.4 Å². The summed E-state index contributed by atoms with van der Waals surface area (Å²) >= 11 is 0. The molecule has 1 aromatic carbocycles. The third-order valence-corrected chi connectivity index (χ3v) is 2.41. The van der Waals surface area contributed by atoms with Crippen LogP contribution in [0, 0.1) is 0 Å². The normalized spacial score (nSPS) is 12.1. The molecule has 1 atom stereocenters. The van der Waals surface area contributed by atoms with Crippen molar-refractivity contribution in [2.24, 2.45) is 0 Å². The Morgan fingerprint density at radius 2 is 1.80 bits per heavy atom. The highest BCUT2D eigenvalue weighted by atomic mass is 16.4. The van der Waals surface area contributed by atoms with Gasteiger partial charge < -0.3 is 9.90 Å². The molecule has 0 aliphatic carbocycles. The summed E-state index contributed by atoms with van der Waals surface area (Å²) in [5.74, 6) is -1.69. The maximum Gasteiger partial charge on any atom is 0.159 e. The second-order valence-electron chi connectivity index (χ2n) is 3.46. The van der Waals surface area contributed by atoms with E-state index in [1.54, 1.807) is 31.2 Å². The number of carboxylic acid groups (broad SMARTS) is 1. The van der Waals surface area contributed by atoms with Crippen LogP contribution in [0.1, 0.15) is 42.1 Å². The molecule has 80 valence electrons. The largest absolute Gasteiger partial charge is 0.549 e. The zero-order valence-electron chi connectivity index (χ0n) is 8.82. The Morgan fingerprint density at radius 1 is 1.27 bits per heavy atom. The summed E-state index contributed by atoms with van der Waals surface area (Å²) < 4.78 is 0. The van der Waals surface area contributed by atoms with Gasteiger partial charge in [-0.1, -0.05) is 31.2 Å². The number of aliphatic carboxylic acids is 1. The molecule has 0 spiro atoms. The first kappa shape index (κ1) is 11.4. The summed E-state index contributed by atoms with van der Waals surface area (Å²) in [4.78, 5) is 21.8. The number of carbonyl (C=O) groups excluding carboxylic acids is 2. The first-order chi connectivity index (χ1) is 7.06. The number of benzene rings is 1. The van der Waals surface area contributed by atoms with Crippen LogP contribution in [-0.2, 0) is 4.79 Å². The Morgan fingerprint density at radius 3 is 2.13 bits per heavy atom. The molecule has 3 heteroatoms. The molecule has 0 saturated carbocycles. The molecule has 0 aliphatic rings. The van der Waals surface area contributed by atoms with Gasteiger partial charge in [0, 0.05) is 17.5 Å². The predicted octanol–water partition coefficient (Wildman–Crippen LogP) is 1.13. The van der Waals surface area contributed by atoms with Crippen LogP contribution in [0.15, 0.2) is 24.3 Å². The first-order valence-electron chi connectivity index (χ1n) is 4.88. The topological polar surface area (TPSA) is 57.2 Å². The van der Waals surface area contributed by atoms with E-state index >= 15 is 0 Å². The highest BCUT2D eigenvalue weighted by Crippen LogP contribution is 2.19. The molecule has 15 heavy (non-hydrogen) atoms. The van der Waals surface area contributed by atoms with Gasteiger partial charge in [-0.05, 0) is 18.9 Å². The maximum atomic E-state index is 11.0. The van der Waals surface area contributed by atoms with Crippen molar-refractivity contribution in [2.75, 3.05) is 0 Å². The van der Waals surface area contributed by atoms with E-state index < -0.39 is 11.9 Å². The summed E-state index contributed by atoms with van der Waals surface area (Å²) in [5, 5.41) is 10.8. The van der Waals surface area contributed by atoms with E-state index in [9.17, 15) is 14.7 Å². The van der Waals surface area contributed by atoms with Crippen molar-refractivity contribution in [2.45, 2.75) is 26.2 Å². The Hall–Kier alpha value is -1.64. The third kappa shape index (κ3) is 2.65. The third-order valence-electron chi connectivity index (χ3n) is 2.41. The van der Waals surface area contributed by atoms with Crippen LogP contribution in [-0.4, -0.2) is 11.8 Å². The fraction of sp³-hybridized carbons (Fsp3) is 0.333.